The second-order valence-corrected chi connectivity index (χ2v) is 7.06. The summed E-state index contributed by atoms with van der Waals surface area (Å²) in [7, 11) is 1.27. The maximum Gasteiger partial charge on any atom is 0.357 e. The van der Waals surface area contributed by atoms with Crippen molar-refractivity contribution in [3.05, 3.63) is 71.5 Å². The molecule has 8 nitrogen and oxygen atoms in total. The summed E-state index contributed by atoms with van der Waals surface area (Å²) >= 11 is 1.48. The van der Waals surface area contributed by atoms with Crippen LogP contribution in [0.4, 0.5) is 16.5 Å². The average molecular weight is 416 g/mol. The molecule has 0 bridgehead atoms. The number of hydrogen-bond acceptors (Lipinski definition) is 8. The minimum atomic E-state index is -0.610. The number of nitrogens with one attached hydrogen (secondary N) is 1. The normalized spacial score (nSPS) is 10.4. The first-order valence-electron chi connectivity index (χ1n) is 8.84. The van der Waals surface area contributed by atoms with Gasteiger partial charge in [-0.25, -0.2) is 9.78 Å². The lowest BCUT2D eigenvalue weighted by Gasteiger charge is -2.09. The first-order chi connectivity index (χ1) is 14.6. The minimum Gasteiger partial charge on any atom is -0.464 e. The Balaban J connectivity index is 1.58. The summed E-state index contributed by atoms with van der Waals surface area (Å²) in [6.45, 7) is 0. The number of nitrogen functional groups attached to an aromatic ring is 1. The van der Waals surface area contributed by atoms with Crippen molar-refractivity contribution in [3.8, 4) is 23.1 Å². The molecule has 3 heterocycles. The number of pyridine rings is 1. The van der Waals surface area contributed by atoms with Crippen molar-refractivity contribution in [1.82, 2.24) is 14.5 Å². The molecular weight excluding hydrogens is 400 g/mol. The van der Waals surface area contributed by atoms with Gasteiger partial charge in [0.15, 0.2) is 10.8 Å². The summed E-state index contributed by atoms with van der Waals surface area (Å²) in [5.74, 6) is -0.610. The lowest BCUT2D eigenvalue weighted by Crippen LogP contribution is -2.11. The van der Waals surface area contributed by atoms with E-state index in [9.17, 15) is 10.1 Å². The Morgan fingerprint density at radius 3 is 2.70 bits per heavy atom. The number of ether oxygens (including phenoxy) is 1. The van der Waals surface area contributed by atoms with Crippen LogP contribution in [0.5, 0.6) is 0 Å². The van der Waals surface area contributed by atoms with Gasteiger partial charge in [0.05, 0.1) is 24.1 Å². The number of nitrogens with zero attached hydrogens (tertiary/aromatic N) is 4. The predicted molar refractivity (Wildman–Crippen MR) is 115 cm³/mol. The van der Waals surface area contributed by atoms with Gasteiger partial charge < -0.3 is 20.4 Å². The highest BCUT2D eigenvalue weighted by molar-refractivity contribution is 7.14. The molecule has 3 N–H and O–H groups in total. The zero-order valence-corrected chi connectivity index (χ0v) is 16.7. The average Bonchev–Trinajstić information content (AvgIpc) is 3.38. The summed E-state index contributed by atoms with van der Waals surface area (Å²) < 4.78 is 6.35. The Labute approximate surface area is 176 Å². The van der Waals surface area contributed by atoms with E-state index in [0.717, 1.165) is 22.2 Å². The first-order valence-corrected chi connectivity index (χ1v) is 9.72. The second kappa shape index (κ2) is 8.06. The topological polar surface area (TPSA) is 119 Å². The molecule has 3 aromatic heterocycles. The molecule has 0 aliphatic heterocycles. The van der Waals surface area contributed by atoms with E-state index in [4.69, 9.17) is 10.5 Å². The molecular formula is C21H16N6O2S. The van der Waals surface area contributed by atoms with Crippen LogP contribution in [-0.2, 0) is 4.74 Å². The molecule has 0 radical (unpaired) electrons. The molecule has 0 unspecified atom stereocenters. The van der Waals surface area contributed by atoms with Gasteiger partial charge in [-0.15, -0.1) is 11.3 Å². The zero-order chi connectivity index (χ0) is 21.1. The standard InChI is InChI=1S/C21H16N6O2S/c1-29-20(28)19-18(23)13(10-22)11-27(19)15-7-5-14(6-8-15)25-21-26-17(12-30-21)16-4-2-3-9-24-16/h2-9,11-12H,23H2,1H3,(H,25,26). The smallest absolute Gasteiger partial charge is 0.357 e. The van der Waals surface area contributed by atoms with Crippen LogP contribution in [0.2, 0.25) is 0 Å². The van der Waals surface area contributed by atoms with Gasteiger partial charge in [0.25, 0.3) is 0 Å². The van der Waals surface area contributed by atoms with Gasteiger partial charge in [-0.2, -0.15) is 5.26 Å². The number of anilines is 3. The van der Waals surface area contributed by atoms with Crippen molar-refractivity contribution >= 4 is 33.8 Å². The molecule has 4 rings (SSSR count). The second-order valence-electron chi connectivity index (χ2n) is 6.20. The zero-order valence-electron chi connectivity index (χ0n) is 15.9. The molecule has 4 aromatic rings. The van der Waals surface area contributed by atoms with E-state index >= 15 is 0 Å². The number of nitrogens with two attached hydrogens (primary N) is 1. The van der Waals surface area contributed by atoms with Gasteiger partial charge in [-0.1, -0.05) is 6.07 Å². The van der Waals surface area contributed by atoms with Crippen LogP contribution in [0.1, 0.15) is 16.1 Å². The monoisotopic (exact) mass is 416 g/mol. The number of hydrogen-bond donors (Lipinski definition) is 2. The highest BCUT2D eigenvalue weighted by Gasteiger charge is 2.21. The van der Waals surface area contributed by atoms with Crippen LogP contribution in [0.15, 0.2) is 60.2 Å². The molecule has 0 aliphatic carbocycles. The number of nitriles is 1. The number of benzene rings is 1. The molecule has 0 atom stereocenters. The van der Waals surface area contributed by atoms with E-state index < -0.39 is 5.97 Å². The van der Waals surface area contributed by atoms with E-state index in [-0.39, 0.29) is 16.9 Å². The highest BCUT2D eigenvalue weighted by atomic mass is 32.1. The summed E-state index contributed by atoms with van der Waals surface area (Å²) in [6.07, 6.45) is 3.25. The van der Waals surface area contributed by atoms with Crippen molar-refractivity contribution in [1.29, 1.82) is 5.26 Å². The fourth-order valence-electron chi connectivity index (χ4n) is 2.91. The van der Waals surface area contributed by atoms with Gasteiger partial charge in [0.2, 0.25) is 0 Å². The molecule has 0 saturated heterocycles. The third-order valence-electron chi connectivity index (χ3n) is 4.37. The largest absolute Gasteiger partial charge is 0.464 e. The molecule has 1 aromatic carbocycles. The van der Waals surface area contributed by atoms with Gasteiger partial charge in [0, 0.05) is 29.1 Å². The Morgan fingerprint density at radius 2 is 2.03 bits per heavy atom. The third kappa shape index (κ3) is 3.59. The fraction of sp³-hybridized carbons (Fsp3) is 0.0476. The van der Waals surface area contributed by atoms with Crippen molar-refractivity contribution in [2.24, 2.45) is 0 Å². The SMILES string of the molecule is COC(=O)c1c(N)c(C#N)cn1-c1ccc(Nc2nc(-c3ccccn3)cs2)cc1. The molecule has 0 spiro atoms. The van der Waals surface area contributed by atoms with E-state index in [0.29, 0.717) is 5.69 Å². The predicted octanol–water partition coefficient (Wildman–Crippen LogP) is 3.98. The molecule has 9 heteroatoms. The van der Waals surface area contributed by atoms with Crippen LogP contribution in [0.25, 0.3) is 17.1 Å². The van der Waals surface area contributed by atoms with E-state index in [1.54, 1.807) is 10.8 Å². The number of aromatic nitrogens is 3. The molecule has 0 aliphatic rings. The van der Waals surface area contributed by atoms with Crippen LogP contribution < -0.4 is 11.1 Å². The summed E-state index contributed by atoms with van der Waals surface area (Å²) in [4.78, 5) is 21.0. The third-order valence-corrected chi connectivity index (χ3v) is 5.13. The number of rotatable bonds is 5. The molecule has 0 saturated carbocycles. The van der Waals surface area contributed by atoms with E-state index in [1.165, 1.54) is 24.6 Å². The van der Waals surface area contributed by atoms with Gasteiger partial charge in [-0.3, -0.25) is 4.98 Å². The number of esters is 1. The van der Waals surface area contributed by atoms with Crippen LogP contribution in [-0.4, -0.2) is 27.6 Å². The van der Waals surface area contributed by atoms with Gasteiger partial charge in [-0.05, 0) is 36.4 Å². The first kappa shape index (κ1) is 19.2. The van der Waals surface area contributed by atoms with Crippen molar-refractivity contribution in [3.63, 3.8) is 0 Å². The molecule has 30 heavy (non-hydrogen) atoms. The summed E-state index contributed by atoms with van der Waals surface area (Å²) in [5.41, 5.74) is 9.47. The minimum absolute atomic E-state index is 0.0939. The van der Waals surface area contributed by atoms with Crippen LogP contribution in [0, 0.1) is 11.3 Å². The lowest BCUT2D eigenvalue weighted by molar-refractivity contribution is 0.0593. The van der Waals surface area contributed by atoms with Crippen LogP contribution in [0.3, 0.4) is 0 Å². The quantitative estimate of drug-likeness (QED) is 0.472. The van der Waals surface area contributed by atoms with Crippen LogP contribution >= 0.6 is 11.3 Å². The highest BCUT2D eigenvalue weighted by Crippen LogP contribution is 2.28. The van der Waals surface area contributed by atoms with Crippen molar-refractivity contribution in [2.45, 2.75) is 0 Å². The Morgan fingerprint density at radius 1 is 1.23 bits per heavy atom. The summed E-state index contributed by atoms with van der Waals surface area (Å²) in [6, 6.07) is 15.0. The Hall–Kier alpha value is -4.16. The number of thiazole rings is 1. The summed E-state index contributed by atoms with van der Waals surface area (Å²) in [5, 5.41) is 15.2. The fourth-order valence-corrected chi connectivity index (χ4v) is 3.63. The van der Waals surface area contributed by atoms with Crippen molar-refractivity contribution in [2.75, 3.05) is 18.2 Å². The van der Waals surface area contributed by atoms with Gasteiger partial charge in [0.1, 0.15) is 11.8 Å². The lowest BCUT2D eigenvalue weighted by atomic mass is 10.2. The number of methoxy groups -OCH3 is 1. The van der Waals surface area contributed by atoms with E-state index in [2.05, 4.69) is 15.3 Å². The van der Waals surface area contributed by atoms with E-state index in [1.807, 2.05) is 53.9 Å². The maximum absolute atomic E-state index is 12.1. The number of carbonyl (C=O) groups is 1. The number of carbonyl (C=O) groups excluding carboxylic acids is 1. The Bertz CT molecular complexity index is 1240. The molecule has 0 amide bonds. The maximum atomic E-state index is 12.1. The van der Waals surface area contributed by atoms with Crippen molar-refractivity contribution < 1.29 is 9.53 Å². The Kier molecular flexibility index (Phi) is 5.15. The molecule has 148 valence electrons. The molecule has 0 fully saturated rings. The van der Waals surface area contributed by atoms with Gasteiger partial charge >= 0.3 is 5.97 Å².